The highest BCUT2D eigenvalue weighted by Crippen LogP contribution is 2.28. The van der Waals surface area contributed by atoms with Crippen LogP contribution in [0.1, 0.15) is 44.0 Å². The zero-order valence-electron chi connectivity index (χ0n) is 13.0. The van der Waals surface area contributed by atoms with Gasteiger partial charge in [-0.3, -0.25) is 9.78 Å². The van der Waals surface area contributed by atoms with Crippen LogP contribution in [-0.2, 0) is 11.3 Å². The van der Waals surface area contributed by atoms with Gasteiger partial charge in [0.05, 0.1) is 12.7 Å². The highest BCUT2D eigenvalue weighted by atomic mass is 16.5. The van der Waals surface area contributed by atoms with E-state index in [1.807, 2.05) is 0 Å². The van der Waals surface area contributed by atoms with Crippen LogP contribution in [0.5, 0.6) is 5.75 Å². The second-order valence-electron chi connectivity index (χ2n) is 5.70. The third kappa shape index (κ3) is 4.28. The minimum absolute atomic E-state index is 0.0384. The molecule has 0 saturated heterocycles. The van der Waals surface area contributed by atoms with Crippen LogP contribution in [0.15, 0.2) is 30.9 Å². The van der Waals surface area contributed by atoms with Crippen molar-refractivity contribution in [2.75, 3.05) is 6.61 Å². The molecule has 7 heteroatoms. The Labute approximate surface area is 135 Å². The number of rotatable bonds is 6. The van der Waals surface area contributed by atoms with E-state index in [0.717, 1.165) is 18.7 Å². The molecule has 1 aliphatic rings. The van der Waals surface area contributed by atoms with Crippen molar-refractivity contribution in [1.29, 1.82) is 0 Å². The number of hydrogen-bond donors (Lipinski definition) is 1. The number of nitrogens with one attached hydrogen (secondary N) is 1. The maximum atomic E-state index is 11.9. The summed E-state index contributed by atoms with van der Waals surface area (Å²) in [5.41, 5.74) is 0. The predicted octanol–water partition coefficient (Wildman–Crippen LogP) is 1.87. The third-order valence-electron chi connectivity index (χ3n) is 4.06. The molecular weight excluding hydrogens is 294 g/mol. The lowest BCUT2D eigenvalue weighted by molar-refractivity contribution is -0.123. The zero-order chi connectivity index (χ0) is 15.9. The number of aromatic nitrogens is 4. The fourth-order valence-electron chi connectivity index (χ4n) is 2.87. The van der Waals surface area contributed by atoms with Crippen molar-refractivity contribution in [2.24, 2.45) is 0 Å². The van der Waals surface area contributed by atoms with Gasteiger partial charge in [-0.15, -0.1) is 10.2 Å². The summed E-state index contributed by atoms with van der Waals surface area (Å²) >= 11 is 0. The van der Waals surface area contributed by atoms with Gasteiger partial charge in [0.25, 0.3) is 5.91 Å². The monoisotopic (exact) mass is 315 g/mol. The molecule has 0 aliphatic heterocycles. The summed E-state index contributed by atoms with van der Waals surface area (Å²) in [6, 6.07) is 3.98. The molecule has 1 N–H and O–H groups in total. The fourth-order valence-corrected chi connectivity index (χ4v) is 2.87. The van der Waals surface area contributed by atoms with E-state index in [-0.39, 0.29) is 12.5 Å². The van der Waals surface area contributed by atoms with Gasteiger partial charge in [0.15, 0.2) is 12.4 Å². The molecule has 3 rings (SSSR count). The maximum Gasteiger partial charge on any atom is 0.258 e. The Morgan fingerprint density at radius 3 is 3.00 bits per heavy atom. The molecular formula is C16H21N5O2. The molecule has 0 aromatic carbocycles. The van der Waals surface area contributed by atoms with E-state index in [4.69, 9.17) is 4.74 Å². The van der Waals surface area contributed by atoms with Crippen molar-refractivity contribution in [2.45, 2.75) is 44.7 Å². The number of carbonyl (C=O) groups is 1. The standard InChI is InChI=1S/C16H21N5O2/c22-16(11-23-14-7-4-8-17-9-14)18-10-15-20-19-12-21(15)13-5-2-1-3-6-13/h4,7-9,12-13H,1-3,5-6,10-11H2,(H,18,22). The van der Waals surface area contributed by atoms with Crippen LogP contribution in [0, 0.1) is 0 Å². The lowest BCUT2D eigenvalue weighted by atomic mass is 9.95. The Balaban J connectivity index is 1.48. The largest absolute Gasteiger partial charge is 0.482 e. The summed E-state index contributed by atoms with van der Waals surface area (Å²) in [6.07, 6.45) is 11.1. The van der Waals surface area contributed by atoms with Crippen LogP contribution in [0.25, 0.3) is 0 Å². The van der Waals surface area contributed by atoms with Gasteiger partial charge in [0.2, 0.25) is 0 Å². The van der Waals surface area contributed by atoms with Gasteiger partial charge in [-0.25, -0.2) is 0 Å². The van der Waals surface area contributed by atoms with Crippen LogP contribution in [0.2, 0.25) is 0 Å². The van der Waals surface area contributed by atoms with Gasteiger partial charge in [0.1, 0.15) is 12.1 Å². The zero-order valence-corrected chi connectivity index (χ0v) is 13.0. The van der Waals surface area contributed by atoms with Gasteiger partial charge in [-0.2, -0.15) is 0 Å². The number of carbonyl (C=O) groups excluding carboxylic acids is 1. The second kappa shape index (κ2) is 7.71. The van der Waals surface area contributed by atoms with Crippen molar-refractivity contribution < 1.29 is 9.53 Å². The van der Waals surface area contributed by atoms with Gasteiger partial charge >= 0.3 is 0 Å². The smallest absolute Gasteiger partial charge is 0.258 e. The maximum absolute atomic E-state index is 11.9. The van der Waals surface area contributed by atoms with Crippen molar-refractivity contribution in [3.8, 4) is 5.75 Å². The molecule has 0 unspecified atom stereocenters. The lowest BCUT2D eigenvalue weighted by Crippen LogP contribution is -2.30. The predicted molar refractivity (Wildman–Crippen MR) is 83.7 cm³/mol. The van der Waals surface area contributed by atoms with E-state index in [1.165, 1.54) is 19.3 Å². The SMILES string of the molecule is O=C(COc1cccnc1)NCc1nncn1C1CCCCC1. The van der Waals surface area contributed by atoms with E-state index in [0.29, 0.717) is 18.3 Å². The molecule has 7 nitrogen and oxygen atoms in total. The molecule has 0 atom stereocenters. The molecule has 1 fully saturated rings. The molecule has 23 heavy (non-hydrogen) atoms. The Bertz CT molecular complexity index is 622. The van der Waals surface area contributed by atoms with Crippen LogP contribution < -0.4 is 10.1 Å². The van der Waals surface area contributed by atoms with Crippen molar-refractivity contribution >= 4 is 5.91 Å². The molecule has 1 saturated carbocycles. The van der Waals surface area contributed by atoms with Crippen molar-refractivity contribution in [3.05, 3.63) is 36.7 Å². The topological polar surface area (TPSA) is 81.9 Å². The average molecular weight is 315 g/mol. The lowest BCUT2D eigenvalue weighted by Gasteiger charge is -2.24. The first kappa shape index (κ1) is 15.5. The highest BCUT2D eigenvalue weighted by Gasteiger charge is 2.18. The quantitative estimate of drug-likeness (QED) is 0.880. The number of pyridine rings is 1. The summed E-state index contributed by atoms with van der Waals surface area (Å²) in [5, 5.41) is 10.9. The van der Waals surface area contributed by atoms with Gasteiger partial charge in [0, 0.05) is 12.2 Å². The van der Waals surface area contributed by atoms with Crippen molar-refractivity contribution in [1.82, 2.24) is 25.1 Å². The average Bonchev–Trinajstić information content (AvgIpc) is 3.08. The van der Waals surface area contributed by atoms with Crippen molar-refractivity contribution in [3.63, 3.8) is 0 Å². The number of nitrogens with zero attached hydrogens (tertiary/aromatic N) is 4. The van der Waals surface area contributed by atoms with E-state index in [1.54, 1.807) is 30.9 Å². The van der Waals surface area contributed by atoms with Gasteiger partial charge in [-0.1, -0.05) is 19.3 Å². The first-order valence-corrected chi connectivity index (χ1v) is 8.01. The Morgan fingerprint density at radius 2 is 2.22 bits per heavy atom. The Hall–Kier alpha value is -2.44. The summed E-state index contributed by atoms with van der Waals surface area (Å²) < 4.78 is 7.47. The van der Waals surface area contributed by atoms with E-state index < -0.39 is 0 Å². The van der Waals surface area contributed by atoms with Gasteiger partial charge < -0.3 is 14.6 Å². The number of amides is 1. The molecule has 2 heterocycles. The molecule has 1 amide bonds. The molecule has 2 aromatic heterocycles. The minimum atomic E-state index is -0.188. The minimum Gasteiger partial charge on any atom is -0.482 e. The van der Waals surface area contributed by atoms with Gasteiger partial charge in [-0.05, 0) is 25.0 Å². The Morgan fingerprint density at radius 1 is 1.35 bits per heavy atom. The highest BCUT2D eigenvalue weighted by molar-refractivity contribution is 5.77. The number of ether oxygens (including phenoxy) is 1. The molecule has 2 aromatic rings. The van der Waals surface area contributed by atoms with Crippen LogP contribution in [-0.4, -0.2) is 32.3 Å². The molecule has 1 aliphatic carbocycles. The van der Waals surface area contributed by atoms with Crippen LogP contribution >= 0.6 is 0 Å². The second-order valence-corrected chi connectivity index (χ2v) is 5.70. The normalized spacial score (nSPS) is 15.3. The number of hydrogen-bond acceptors (Lipinski definition) is 5. The summed E-state index contributed by atoms with van der Waals surface area (Å²) in [6.45, 7) is 0.328. The fraction of sp³-hybridized carbons (Fsp3) is 0.500. The molecule has 122 valence electrons. The Kier molecular flexibility index (Phi) is 5.18. The molecule has 0 spiro atoms. The van der Waals surface area contributed by atoms with Crippen LogP contribution in [0.3, 0.4) is 0 Å². The molecule has 0 bridgehead atoms. The van der Waals surface area contributed by atoms with Crippen LogP contribution in [0.4, 0.5) is 0 Å². The summed E-state index contributed by atoms with van der Waals surface area (Å²) in [7, 11) is 0. The van der Waals surface area contributed by atoms with E-state index in [9.17, 15) is 4.79 Å². The molecule has 0 radical (unpaired) electrons. The third-order valence-corrected chi connectivity index (χ3v) is 4.06. The first-order chi connectivity index (χ1) is 11.3. The van der Waals surface area contributed by atoms with E-state index >= 15 is 0 Å². The van der Waals surface area contributed by atoms with E-state index in [2.05, 4.69) is 25.1 Å². The first-order valence-electron chi connectivity index (χ1n) is 8.01. The summed E-state index contributed by atoms with van der Waals surface area (Å²) in [5.74, 6) is 1.19. The summed E-state index contributed by atoms with van der Waals surface area (Å²) in [4.78, 5) is 15.8.